The van der Waals surface area contributed by atoms with Crippen LogP contribution in [0, 0.1) is 6.92 Å². The van der Waals surface area contributed by atoms with Crippen molar-refractivity contribution in [2.75, 3.05) is 23.8 Å². The van der Waals surface area contributed by atoms with Crippen LogP contribution in [0.3, 0.4) is 0 Å². The molecule has 0 bridgehead atoms. The Morgan fingerprint density at radius 2 is 1.19 bits per heavy atom. The third kappa shape index (κ3) is 10.4. The lowest BCUT2D eigenvalue weighted by Gasteiger charge is -2.11. The number of rotatable bonds is 14. The van der Waals surface area contributed by atoms with Crippen molar-refractivity contribution in [3.63, 3.8) is 0 Å². The minimum atomic E-state index is -4.95. The first-order chi connectivity index (χ1) is 26.6. The molecule has 0 atom stereocenters. The topological polar surface area (TPSA) is 353 Å². The summed E-state index contributed by atoms with van der Waals surface area (Å²) in [6.45, 7) is 0.318. The van der Waals surface area contributed by atoms with Gasteiger partial charge in [-0.05, 0) is 61.5 Å². The molecule has 0 radical (unpaired) electrons. The van der Waals surface area contributed by atoms with Gasteiger partial charge in [-0.1, -0.05) is 29.8 Å². The van der Waals surface area contributed by atoms with Gasteiger partial charge in [0.05, 0.1) is 62.9 Å². The number of nitrogens with two attached hydrogens (primary N) is 2. The van der Waals surface area contributed by atoms with Crippen molar-refractivity contribution in [2.45, 2.75) is 28.2 Å². The molecule has 5 rings (SSSR count). The molecule has 0 saturated heterocycles. The highest BCUT2D eigenvalue weighted by molar-refractivity contribution is 7.91. The number of benzene rings is 5. The number of nitrogens with zero attached hydrogens (tertiary/aromatic N) is 6. The molecule has 300 valence electrons. The quantitative estimate of drug-likeness (QED) is 0.0415. The summed E-state index contributed by atoms with van der Waals surface area (Å²) in [4.78, 5) is -1.74. The maximum Gasteiger partial charge on any atom is 0.397 e. The van der Waals surface area contributed by atoms with E-state index in [1.807, 2.05) is 6.92 Å². The molecular formula is C32H30N8O13S4. The van der Waals surface area contributed by atoms with Crippen LogP contribution in [-0.4, -0.2) is 64.8 Å². The molecule has 21 nitrogen and oxygen atoms in total. The normalized spacial score (nSPS) is 13.1. The van der Waals surface area contributed by atoms with E-state index in [4.69, 9.17) is 16.0 Å². The predicted octanol–water partition coefficient (Wildman–Crippen LogP) is 6.14. The van der Waals surface area contributed by atoms with Crippen molar-refractivity contribution < 1.29 is 56.6 Å². The molecule has 0 saturated carbocycles. The maximum atomic E-state index is 12.8. The zero-order valence-electron chi connectivity index (χ0n) is 29.1. The molecule has 0 spiro atoms. The van der Waals surface area contributed by atoms with Crippen LogP contribution in [0.25, 0.3) is 10.8 Å². The third-order valence-electron chi connectivity index (χ3n) is 7.84. The highest BCUT2D eigenvalue weighted by Gasteiger charge is 2.23. The van der Waals surface area contributed by atoms with E-state index < -0.39 is 74.9 Å². The van der Waals surface area contributed by atoms with E-state index in [2.05, 4.69) is 34.9 Å². The summed E-state index contributed by atoms with van der Waals surface area (Å²) < 4.78 is 128. The Hall–Kier alpha value is -5.64. The summed E-state index contributed by atoms with van der Waals surface area (Å²) in [5, 5.41) is 34.4. The van der Waals surface area contributed by atoms with Crippen LogP contribution in [0.5, 0.6) is 0 Å². The van der Waals surface area contributed by atoms with Gasteiger partial charge in [-0.15, -0.1) is 20.5 Å². The van der Waals surface area contributed by atoms with Gasteiger partial charge in [-0.3, -0.25) is 13.7 Å². The number of nitrogen functional groups attached to an aromatic ring is 2. The van der Waals surface area contributed by atoms with Crippen LogP contribution in [0.2, 0.25) is 0 Å². The Balaban J connectivity index is 1.59. The number of aryl methyl sites for hydroxylation is 1. The minimum absolute atomic E-state index is 0.00139. The molecule has 5 aromatic rings. The van der Waals surface area contributed by atoms with Crippen LogP contribution >= 0.6 is 0 Å². The van der Waals surface area contributed by atoms with Gasteiger partial charge in [0.1, 0.15) is 16.3 Å². The third-order valence-corrected chi connectivity index (χ3v) is 11.7. The van der Waals surface area contributed by atoms with Gasteiger partial charge in [0.25, 0.3) is 20.2 Å². The highest BCUT2D eigenvalue weighted by Crippen LogP contribution is 2.44. The van der Waals surface area contributed by atoms with E-state index in [0.29, 0.717) is 5.69 Å². The molecular weight excluding hydrogens is 833 g/mol. The summed E-state index contributed by atoms with van der Waals surface area (Å²) in [6, 6.07) is 16.9. The van der Waals surface area contributed by atoms with Crippen LogP contribution < -0.4 is 11.5 Å². The van der Waals surface area contributed by atoms with E-state index in [1.165, 1.54) is 24.3 Å². The molecule has 57 heavy (non-hydrogen) atoms. The Labute approximate surface area is 324 Å². The molecule has 0 aliphatic carbocycles. The molecule has 0 fully saturated rings. The fourth-order valence-corrected chi connectivity index (χ4v) is 7.61. The molecule has 0 aromatic heterocycles. The number of hydrogen-bond acceptors (Lipinski definition) is 18. The largest absolute Gasteiger partial charge is 0.397 e. The SMILES string of the molecule is Cc1ccc(N=Nc2c(N)c(N=Nc3ccc(N=Nc4cc(S(=O)(=O)CCOS(=O)(=O)O)ccc4CO)c4cc(S(=O)(=O)O)ccc34)cc(S(=O)(=O)O)c2N)cc1. The van der Waals surface area contributed by atoms with Crippen molar-refractivity contribution in [2.24, 2.45) is 30.7 Å². The fourth-order valence-electron chi connectivity index (χ4n) is 4.96. The fraction of sp³-hybridized carbons (Fsp3) is 0.125. The number of aliphatic hydroxyl groups excluding tert-OH is 1. The van der Waals surface area contributed by atoms with Gasteiger partial charge in [0, 0.05) is 16.3 Å². The summed E-state index contributed by atoms with van der Waals surface area (Å²) in [6.07, 6.45) is 0. The Morgan fingerprint density at radius 1 is 0.596 bits per heavy atom. The van der Waals surface area contributed by atoms with Gasteiger partial charge in [-0.2, -0.15) is 35.5 Å². The second-order valence-electron chi connectivity index (χ2n) is 11.8. The number of hydrogen-bond donors (Lipinski definition) is 6. The number of fused-ring (bicyclic) bond motifs is 1. The zero-order chi connectivity index (χ0) is 41.9. The zero-order valence-corrected chi connectivity index (χ0v) is 32.3. The highest BCUT2D eigenvalue weighted by atomic mass is 32.3. The van der Waals surface area contributed by atoms with Gasteiger partial charge in [0.15, 0.2) is 9.84 Å². The van der Waals surface area contributed by atoms with Crippen LogP contribution in [0.4, 0.5) is 45.5 Å². The molecule has 25 heteroatoms. The average molecular weight is 863 g/mol. The number of azo groups is 3. The van der Waals surface area contributed by atoms with Crippen molar-refractivity contribution in [1.82, 2.24) is 0 Å². The molecule has 5 aromatic carbocycles. The van der Waals surface area contributed by atoms with Gasteiger partial charge >= 0.3 is 10.4 Å². The van der Waals surface area contributed by atoms with Crippen molar-refractivity contribution in [3.05, 3.63) is 90.0 Å². The van der Waals surface area contributed by atoms with Gasteiger partial charge in [-0.25, -0.2) is 12.6 Å². The van der Waals surface area contributed by atoms with E-state index in [9.17, 15) is 47.9 Å². The molecule has 0 aliphatic heterocycles. The van der Waals surface area contributed by atoms with Crippen LogP contribution in [0.15, 0.2) is 124 Å². The average Bonchev–Trinajstić information content (AvgIpc) is 3.12. The first-order valence-corrected chi connectivity index (χ1v) is 21.6. The van der Waals surface area contributed by atoms with E-state index >= 15 is 0 Å². The predicted molar refractivity (Wildman–Crippen MR) is 204 cm³/mol. The molecule has 0 unspecified atom stereocenters. The smallest absolute Gasteiger partial charge is 0.396 e. The Morgan fingerprint density at radius 3 is 1.79 bits per heavy atom. The second-order valence-corrected chi connectivity index (χ2v) is 17.8. The summed E-state index contributed by atoms with van der Waals surface area (Å²) in [5.41, 5.74) is 12.0. The van der Waals surface area contributed by atoms with E-state index in [1.54, 1.807) is 24.3 Å². The number of aliphatic hydroxyl groups is 1. The standard InChI is InChI=1S/C32H30N8O13S4/c1-18-2-5-20(6-3-18)35-40-32-30(33)28(16-29(31(32)34)56(47,48)49)39-36-25-10-11-26(24-14-22(55(44,45)46)8-9-23(24)25)37-38-27-15-21(7-4-19(27)17-41)54(42,43)13-12-53-57(50,51)52/h2-11,14-16,41H,12-13,17,33-34H2,1H3,(H,44,45,46)(H,47,48,49)(H,50,51,52). The van der Waals surface area contributed by atoms with Crippen molar-refractivity contribution in [3.8, 4) is 0 Å². The molecule has 8 N–H and O–H groups in total. The first kappa shape index (κ1) is 42.5. The van der Waals surface area contributed by atoms with E-state index in [0.717, 1.165) is 35.9 Å². The van der Waals surface area contributed by atoms with E-state index in [-0.39, 0.29) is 55.4 Å². The lowest BCUT2D eigenvalue weighted by atomic mass is 10.1. The monoisotopic (exact) mass is 862 g/mol. The number of anilines is 2. The minimum Gasteiger partial charge on any atom is -0.396 e. The maximum absolute atomic E-state index is 12.8. The molecule has 0 heterocycles. The number of sulfone groups is 1. The molecule has 0 amide bonds. The van der Waals surface area contributed by atoms with Gasteiger partial charge in [0.2, 0.25) is 0 Å². The lowest BCUT2D eigenvalue weighted by Crippen LogP contribution is -2.15. The van der Waals surface area contributed by atoms with Crippen LogP contribution in [-0.2, 0) is 51.3 Å². The summed E-state index contributed by atoms with van der Waals surface area (Å²) in [5.74, 6) is -0.862. The Kier molecular flexibility index (Phi) is 12.3. The van der Waals surface area contributed by atoms with Gasteiger partial charge < -0.3 is 16.6 Å². The first-order valence-electron chi connectivity index (χ1n) is 15.7. The van der Waals surface area contributed by atoms with Crippen LogP contribution in [0.1, 0.15) is 11.1 Å². The summed E-state index contributed by atoms with van der Waals surface area (Å²) >= 11 is 0. The lowest BCUT2D eigenvalue weighted by molar-refractivity contribution is 0.281. The summed E-state index contributed by atoms with van der Waals surface area (Å²) in [7, 11) is -18.9. The molecule has 0 aliphatic rings. The Bertz CT molecular complexity index is 2940. The second kappa shape index (κ2) is 16.5. The van der Waals surface area contributed by atoms with Crippen molar-refractivity contribution >= 4 is 96.7 Å². The van der Waals surface area contributed by atoms with Crippen molar-refractivity contribution in [1.29, 1.82) is 0 Å².